The number of benzene rings is 2. The van der Waals surface area contributed by atoms with Gasteiger partial charge in [-0.2, -0.15) is 4.98 Å². The molecule has 136 valence electrons. The average molecular weight is 375 g/mol. The minimum absolute atomic E-state index is 0.674. The van der Waals surface area contributed by atoms with E-state index in [0.29, 0.717) is 5.78 Å². The SMILES string of the molecule is Cc1ccc(CSc2nc3nc(C)c(Cc4ccccc4)c(C)n3n2)cc1. The van der Waals surface area contributed by atoms with E-state index < -0.39 is 0 Å². The van der Waals surface area contributed by atoms with Gasteiger partial charge in [0.2, 0.25) is 5.16 Å². The van der Waals surface area contributed by atoms with Crippen molar-refractivity contribution >= 4 is 17.5 Å². The van der Waals surface area contributed by atoms with Crippen LogP contribution in [0.25, 0.3) is 5.78 Å². The van der Waals surface area contributed by atoms with Crippen LogP contribution in [0, 0.1) is 20.8 Å². The zero-order valence-corrected chi connectivity index (χ0v) is 16.6. The van der Waals surface area contributed by atoms with Crippen LogP contribution < -0.4 is 0 Å². The Balaban J connectivity index is 1.60. The molecule has 0 amide bonds. The van der Waals surface area contributed by atoms with Crippen LogP contribution in [0.1, 0.15) is 33.6 Å². The summed E-state index contributed by atoms with van der Waals surface area (Å²) >= 11 is 1.65. The average Bonchev–Trinajstić information content (AvgIpc) is 3.08. The van der Waals surface area contributed by atoms with E-state index in [1.165, 1.54) is 22.3 Å². The molecule has 0 spiro atoms. The first-order chi connectivity index (χ1) is 13.1. The van der Waals surface area contributed by atoms with Gasteiger partial charge in [0, 0.05) is 23.6 Å². The molecular formula is C22H22N4S. The van der Waals surface area contributed by atoms with Crippen molar-refractivity contribution in [3.8, 4) is 0 Å². The lowest BCUT2D eigenvalue weighted by atomic mass is 10.0. The summed E-state index contributed by atoms with van der Waals surface area (Å²) in [5.74, 6) is 1.53. The second-order valence-electron chi connectivity index (χ2n) is 6.80. The Morgan fingerprint density at radius 3 is 2.33 bits per heavy atom. The minimum atomic E-state index is 0.674. The Kier molecular flexibility index (Phi) is 4.94. The highest BCUT2D eigenvalue weighted by atomic mass is 32.2. The number of hydrogen-bond donors (Lipinski definition) is 0. The van der Waals surface area contributed by atoms with E-state index in [-0.39, 0.29) is 0 Å². The van der Waals surface area contributed by atoms with Crippen LogP contribution in [0.4, 0.5) is 0 Å². The molecule has 0 saturated carbocycles. The van der Waals surface area contributed by atoms with Crippen molar-refractivity contribution < 1.29 is 0 Å². The molecule has 2 aromatic carbocycles. The Morgan fingerprint density at radius 2 is 1.59 bits per heavy atom. The molecule has 0 unspecified atom stereocenters. The highest BCUT2D eigenvalue weighted by Crippen LogP contribution is 2.23. The summed E-state index contributed by atoms with van der Waals surface area (Å²) in [7, 11) is 0. The lowest BCUT2D eigenvalue weighted by molar-refractivity contribution is 0.823. The molecule has 4 nitrogen and oxygen atoms in total. The highest BCUT2D eigenvalue weighted by molar-refractivity contribution is 7.98. The molecule has 0 N–H and O–H groups in total. The van der Waals surface area contributed by atoms with Crippen LogP contribution in [0.2, 0.25) is 0 Å². The van der Waals surface area contributed by atoms with E-state index in [9.17, 15) is 0 Å². The zero-order chi connectivity index (χ0) is 18.8. The van der Waals surface area contributed by atoms with Gasteiger partial charge in [-0.15, -0.1) is 5.10 Å². The summed E-state index contributed by atoms with van der Waals surface area (Å²) in [6.07, 6.45) is 0.854. The van der Waals surface area contributed by atoms with Crippen LogP contribution in [-0.4, -0.2) is 19.6 Å². The normalized spacial score (nSPS) is 11.2. The van der Waals surface area contributed by atoms with Gasteiger partial charge in [0.05, 0.1) is 0 Å². The van der Waals surface area contributed by atoms with Crippen molar-refractivity contribution in [1.29, 1.82) is 0 Å². The molecule has 0 aliphatic carbocycles. The fourth-order valence-corrected chi connectivity index (χ4v) is 3.91. The zero-order valence-electron chi connectivity index (χ0n) is 15.8. The molecule has 0 bridgehead atoms. The Bertz CT molecular complexity index is 1070. The molecule has 4 aromatic rings. The first-order valence-electron chi connectivity index (χ1n) is 9.05. The topological polar surface area (TPSA) is 43.1 Å². The third-order valence-corrected chi connectivity index (χ3v) is 5.65. The molecular weight excluding hydrogens is 352 g/mol. The third kappa shape index (κ3) is 3.88. The van der Waals surface area contributed by atoms with E-state index in [1.54, 1.807) is 11.8 Å². The summed E-state index contributed by atoms with van der Waals surface area (Å²) in [5.41, 5.74) is 7.17. The van der Waals surface area contributed by atoms with E-state index >= 15 is 0 Å². The van der Waals surface area contributed by atoms with Gasteiger partial charge in [-0.05, 0) is 37.5 Å². The predicted molar refractivity (Wildman–Crippen MR) is 110 cm³/mol. The molecule has 0 saturated heterocycles. The van der Waals surface area contributed by atoms with E-state index in [0.717, 1.165) is 28.7 Å². The van der Waals surface area contributed by atoms with Crippen molar-refractivity contribution in [2.45, 2.75) is 38.1 Å². The smallest absolute Gasteiger partial charge is 0.216 e. The lowest BCUT2D eigenvalue weighted by Crippen LogP contribution is -2.06. The Hall–Kier alpha value is -2.66. The van der Waals surface area contributed by atoms with Crippen molar-refractivity contribution in [3.63, 3.8) is 0 Å². The number of hydrogen-bond acceptors (Lipinski definition) is 4. The molecule has 4 rings (SSSR count). The number of aromatic nitrogens is 4. The molecule has 27 heavy (non-hydrogen) atoms. The maximum atomic E-state index is 4.70. The number of rotatable bonds is 5. The minimum Gasteiger partial charge on any atom is -0.216 e. The van der Waals surface area contributed by atoms with E-state index in [4.69, 9.17) is 10.1 Å². The van der Waals surface area contributed by atoms with Crippen LogP contribution >= 0.6 is 11.8 Å². The van der Waals surface area contributed by atoms with E-state index in [2.05, 4.69) is 74.3 Å². The summed E-state index contributed by atoms with van der Waals surface area (Å²) in [5, 5.41) is 5.46. The third-order valence-electron chi connectivity index (χ3n) is 4.74. The van der Waals surface area contributed by atoms with Crippen molar-refractivity contribution in [1.82, 2.24) is 19.6 Å². The molecule has 0 aliphatic rings. The quantitative estimate of drug-likeness (QED) is 0.465. The molecule has 0 fully saturated rings. The van der Waals surface area contributed by atoms with Crippen LogP contribution in [0.5, 0.6) is 0 Å². The summed E-state index contributed by atoms with van der Waals surface area (Å²) in [6.45, 7) is 6.26. The largest absolute Gasteiger partial charge is 0.253 e. The second kappa shape index (κ2) is 7.53. The van der Waals surface area contributed by atoms with Crippen LogP contribution in [0.3, 0.4) is 0 Å². The lowest BCUT2D eigenvalue weighted by Gasteiger charge is -2.10. The van der Waals surface area contributed by atoms with Crippen LogP contribution in [-0.2, 0) is 12.2 Å². The second-order valence-corrected chi connectivity index (χ2v) is 7.75. The molecule has 5 heteroatoms. The number of fused-ring (bicyclic) bond motifs is 1. The van der Waals surface area contributed by atoms with Gasteiger partial charge >= 0.3 is 0 Å². The first-order valence-corrected chi connectivity index (χ1v) is 10.0. The Morgan fingerprint density at radius 1 is 0.852 bits per heavy atom. The van der Waals surface area contributed by atoms with Crippen molar-refractivity contribution in [3.05, 3.63) is 88.2 Å². The van der Waals surface area contributed by atoms with Crippen molar-refractivity contribution in [2.75, 3.05) is 0 Å². The number of thioether (sulfide) groups is 1. The maximum Gasteiger partial charge on any atom is 0.253 e. The number of aryl methyl sites for hydroxylation is 3. The Labute approximate surface area is 163 Å². The van der Waals surface area contributed by atoms with Gasteiger partial charge in [-0.25, -0.2) is 9.50 Å². The molecule has 0 aliphatic heterocycles. The predicted octanol–water partition coefficient (Wildman–Crippen LogP) is 4.93. The van der Waals surface area contributed by atoms with E-state index in [1.807, 2.05) is 10.6 Å². The van der Waals surface area contributed by atoms with Gasteiger partial charge < -0.3 is 0 Å². The fraction of sp³-hybridized carbons (Fsp3) is 0.227. The van der Waals surface area contributed by atoms with Gasteiger partial charge in [0.1, 0.15) is 0 Å². The van der Waals surface area contributed by atoms with Crippen LogP contribution in [0.15, 0.2) is 59.8 Å². The summed E-state index contributed by atoms with van der Waals surface area (Å²) in [6, 6.07) is 19.1. The van der Waals surface area contributed by atoms with Crippen molar-refractivity contribution in [2.24, 2.45) is 0 Å². The van der Waals surface area contributed by atoms with Gasteiger partial charge in [-0.1, -0.05) is 71.9 Å². The van der Waals surface area contributed by atoms with Gasteiger partial charge in [0.25, 0.3) is 5.78 Å². The summed E-state index contributed by atoms with van der Waals surface area (Å²) in [4.78, 5) is 9.31. The first kappa shape index (κ1) is 17.7. The monoisotopic (exact) mass is 374 g/mol. The highest BCUT2D eigenvalue weighted by Gasteiger charge is 2.14. The molecule has 0 atom stereocenters. The van der Waals surface area contributed by atoms with Gasteiger partial charge in [-0.3, -0.25) is 0 Å². The summed E-state index contributed by atoms with van der Waals surface area (Å²) < 4.78 is 1.88. The molecule has 0 radical (unpaired) electrons. The maximum absolute atomic E-state index is 4.70. The molecule has 2 aromatic heterocycles. The number of nitrogens with zero attached hydrogens (tertiary/aromatic N) is 4. The standard InChI is InChI=1S/C22H22N4S/c1-15-9-11-19(12-10-15)14-27-22-24-21-23-16(2)20(17(3)26(21)25-22)13-18-7-5-4-6-8-18/h4-12H,13-14H2,1-3H3. The molecule has 2 heterocycles. The van der Waals surface area contributed by atoms with Gasteiger partial charge in [0.15, 0.2) is 0 Å². The fourth-order valence-electron chi connectivity index (χ4n) is 3.14.